The molecule has 1 N–H and O–H groups in total. The van der Waals surface area contributed by atoms with Crippen LogP contribution in [0.25, 0.3) is 0 Å². The molecule has 0 saturated heterocycles. The number of rotatable bonds is 11. The fraction of sp³-hybridized carbons (Fsp3) is 0.647. The van der Waals surface area contributed by atoms with Crippen LogP contribution in [0.2, 0.25) is 0 Å². The minimum absolute atomic E-state index is 0.653. The number of hydrogen-bond acceptors (Lipinski definition) is 4. The zero-order chi connectivity index (χ0) is 15.5. The summed E-state index contributed by atoms with van der Waals surface area (Å²) in [6.45, 7) is 12.3. The largest absolute Gasteiger partial charge is 0.493 e. The summed E-state index contributed by atoms with van der Waals surface area (Å²) in [5.41, 5.74) is 1.26. The average Bonchev–Trinajstić information content (AvgIpc) is 2.54. The summed E-state index contributed by atoms with van der Waals surface area (Å²) in [6, 6.07) is 6.13. The number of nitrogens with zero attached hydrogens (tertiary/aromatic N) is 1. The monoisotopic (exact) mass is 294 g/mol. The Morgan fingerprint density at radius 1 is 1.05 bits per heavy atom. The van der Waals surface area contributed by atoms with E-state index < -0.39 is 0 Å². The first-order chi connectivity index (χ1) is 10.2. The number of benzene rings is 1. The highest BCUT2D eigenvalue weighted by atomic mass is 16.5. The summed E-state index contributed by atoms with van der Waals surface area (Å²) in [5, 5.41) is 3.41. The van der Waals surface area contributed by atoms with Gasteiger partial charge in [-0.1, -0.05) is 26.8 Å². The Hall–Kier alpha value is -1.26. The van der Waals surface area contributed by atoms with E-state index in [-0.39, 0.29) is 0 Å². The zero-order valence-electron chi connectivity index (χ0n) is 13.9. The van der Waals surface area contributed by atoms with Crippen molar-refractivity contribution < 1.29 is 9.47 Å². The van der Waals surface area contributed by atoms with Gasteiger partial charge >= 0.3 is 0 Å². The minimum Gasteiger partial charge on any atom is -0.493 e. The van der Waals surface area contributed by atoms with Gasteiger partial charge in [-0.3, -0.25) is 0 Å². The van der Waals surface area contributed by atoms with Crippen molar-refractivity contribution in [2.45, 2.75) is 27.2 Å². The molecule has 1 rings (SSSR count). The van der Waals surface area contributed by atoms with E-state index in [0.29, 0.717) is 6.61 Å². The van der Waals surface area contributed by atoms with Gasteiger partial charge in [0, 0.05) is 19.6 Å². The second-order valence-electron chi connectivity index (χ2n) is 4.96. The maximum absolute atomic E-state index is 5.79. The normalized spacial score (nSPS) is 10.9. The maximum Gasteiger partial charge on any atom is 0.161 e. The highest BCUT2D eigenvalue weighted by Crippen LogP contribution is 2.28. The Morgan fingerprint density at radius 2 is 1.81 bits per heavy atom. The standard InChI is InChI=1S/C17H30N2O2/c1-5-15-8-9-16(17(14-15)20-4)21-13-11-18-10-12-19(6-2)7-3/h8-9,14,18H,5-7,10-13H2,1-4H3. The van der Waals surface area contributed by atoms with Crippen molar-refractivity contribution in [3.63, 3.8) is 0 Å². The Kier molecular flexibility index (Phi) is 8.87. The van der Waals surface area contributed by atoms with Gasteiger partial charge in [-0.2, -0.15) is 0 Å². The molecule has 0 radical (unpaired) electrons. The van der Waals surface area contributed by atoms with Crippen molar-refractivity contribution >= 4 is 0 Å². The number of likely N-dealkylation sites (N-methyl/N-ethyl adjacent to an activating group) is 1. The molecule has 1 aromatic rings. The lowest BCUT2D eigenvalue weighted by Gasteiger charge is -2.18. The van der Waals surface area contributed by atoms with Crippen molar-refractivity contribution in [2.75, 3.05) is 46.4 Å². The van der Waals surface area contributed by atoms with Gasteiger partial charge in [-0.25, -0.2) is 0 Å². The molecule has 1 aromatic carbocycles. The van der Waals surface area contributed by atoms with Gasteiger partial charge in [0.05, 0.1) is 7.11 Å². The third-order valence-corrected chi connectivity index (χ3v) is 3.67. The number of aryl methyl sites for hydroxylation is 1. The second-order valence-corrected chi connectivity index (χ2v) is 4.96. The van der Waals surface area contributed by atoms with E-state index in [1.54, 1.807) is 7.11 Å². The molecule has 0 aromatic heterocycles. The van der Waals surface area contributed by atoms with Crippen LogP contribution >= 0.6 is 0 Å². The van der Waals surface area contributed by atoms with Crippen LogP contribution in [0.1, 0.15) is 26.3 Å². The van der Waals surface area contributed by atoms with Crippen LogP contribution < -0.4 is 14.8 Å². The van der Waals surface area contributed by atoms with Crippen molar-refractivity contribution in [1.82, 2.24) is 10.2 Å². The molecule has 0 aliphatic rings. The smallest absolute Gasteiger partial charge is 0.161 e. The Balaban J connectivity index is 2.26. The molecule has 0 fully saturated rings. The predicted molar refractivity (Wildman–Crippen MR) is 88.5 cm³/mol. The molecule has 4 nitrogen and oxygen atoms in total. The van der Waals surface area contributed by atoms with E-state index in [1.807, 2.05) is 12.1 Å². The Labute approximate surface area is 129 Å². The quantitative estimate of drug-likeness (QED) is 0.636. The molecule has 21 heavy (non-hydrogen) atoms. The molecule has 0 atom stereocenters. The van der Waals surface area contributed by atoms with Gasteiger partial charge < -0.3 is 19.7 Å². The van der Waals surface area contributed by atoms with Gasteiger partial charge in [-0.05, 0) is 37.2 Å². The van der Waals surface area contributed by atoms with Crippen molar-refractivity contribution in [3.8, 4) is 11.5 Å². The van der Waals surface area contributed by atoms with Crippen LogP contribution in [0.3, 0.4) is 0 Å². The van der Waals surface area contributed by atoms with Crippen LogP contribution in [0, 0.1) is 0 Å². The highest BCUT2D eigenvalue weighted by molar-refractivity contribution is 5.42. The molecule has 0 heterocycles. The number of hydrogen-bond donors (Lipinski definition) is 1. The van der Waals surface area contributed by atoms with Gasteiger partial charge in [-0.15, -0.1) is 0 Å². The van der Waals surface area contributed by atoms with E-state index in [9.17, 15) is 0 Å². The van der Waals surface area contributed by atoms with Crippen LogP contribution in [-0.2, 0) is 6.42 Å². The van der Waals surface area contributed by atoms with Gasteiger partial charge in [0.15, 0.2) is 11.5 Å². The van der Waals surface area contributed by atoms with E-state index in [4.69, 9.17) is 9.47 Å². The maximum atomic E-state index is 5.79. The van der Waals surface area contributed by atoms with Crippen molar-refractivity contribution in [1.29, 1.82) is 0 Å². The molecule has 0 saturated carbocycles. The van der Waals surface area contributed by atoms with E-state index in [2.05, 4.69) is 37.1 Å². The summed E-state index contributed by atoms with van der Waals surface area (Å²) >= 11 is 0. The SMILES string of the molecule is CCc1ccc(OCCNCCN(CC)CC)c(OC)c1. The lowest BCUT2D eigenvalue weighted by Crippen LogP contribution is -2.33. The van der Waals surface area contributed by atoms with Gasteiger partial charge in [0.1, 0.15) is 6.61 Å². The van der Waals surface area contributed by atoms with Gasteiger partial charge in [0.2, 0.25) is 0 Å². The third kappa shape index (κ3) is 6.36. The second kappa shape index (κ2) is 10.5. The van der Waals surface area contributed by atoms with Crippen LogP contribution in [0.4, 0.5) is 0 Å². The summed E-state index contributed by atoms with van der Waals surface area (Å²) in [4.78, 5) is 2.40. The molecule has 120 valence electrons. The summed E-state index contributed by atoms with van der Waals surface area (Å²) < 4.78 is 11.2. The summed E-state index contributed by atoms with van der Waals surface area (Å²) in [6.07, 6.45) is 1.00. The number of ether oxygens (including phenoxy) is 2. The highest BCUT2D eigenvalue weighted by Gasteiger charge is 2.05. The number of methoxy groups -OCH3 is 1. The van der Waals surface area contributed by atoms with E-state index >= 15 is 0 Å². The first-order valence-corrected chi connectivity index (χ1v) is 7.97. The molecular weight excluding hydrogens is 264 g/mol. The molecule has 0 unspecified atom stereocenters. The molecule has 0 bridgehead atoms. The Morgan fingerprint density at radius 3 is 2.43 bits per heavy atom. The predicted octanol–water partition coefficient (Wildman–Crippen LogP) is 2.57. The summed E-state index contributed by atoms with van der Waals surface area (Å²) in [5.74, 6) is 1.64. The molecule has 0 amide bonds. The molecule has 0 aliphatic heterocycles. The van der Waals surface area contributed by atoms with Crippen molar-refractivity contribution in [2.24, 2.45) is 0 Å². The fourth-order valence-corrected chi connectivity index (χ4v) is 2.19. The lowest BCUT2D eigenvalue weighted by molar-refractivity contribution is 0.277. The Bertz CT molecular complexity index is 392. The summed E-state index contributed by atoms with van der Waals surface area (Å²) in [7, 11) is 1.68. The number of nitrogens with one attached hydrogen (secondary N) is 1. The molecule has 0 spiro atoms. The van der Waals surface area contributed by atoms with Crippen LogP contribution in [-0.4, -0.2) is 51.3 Å². The van der Waals surface area contributed by atoms with Crippen LogP contribution in [0.15, 0.2) is 18.2 Å². The van der Waals surface area contributed by atoms with Gasteiger partial charge in [0.25, 0.3) is 0 Å². The average molecular weight is 294 g/mol. The molecule has 4 heteroatoms. The first kappa shape index (κ1) is 17.8. The lowest BCUT2D eigenvalue weighted by atomic mass is 10.1. The third-order valence-electron chi connectivity index (χ3n) is 3.67. The minimum atomic E-state index is 0.653. The van der Waals surface area contributed by atoms with Crippen molar-refractivity contribution in [3.05, 3.63) is 23.8 Å². The molecular formula is C17H30N2O2. The zero-order valence-corrected chi connectivity index (χ0v) is 13.9. The van der Waals surface area contributed by atoms with E-state index in [0.717, 1.165) is 50.6 Å². The topological polar surface area (TPSA) is 33.7 Å². The van der Waals surface area contributed by atoms with E-state index in [1.165, 1.54) is 5.56 Å². The first-order valence-electron chi connectivity index (χ1n) is 7.97. The fourth-order valence-electron chi connectivity index (χ4n) is 2.19. The van der Waals surface area contributed by atoms with Crippen LogP contribution in [0.5, 0.6) is 11.5 Å². The molecule has 0 aliphatic carbocycles.